The molecule has 0 spiro atoms. The van der Waals surface area contributed by atoms with Gasteiger partial charge in [-0.25, -0.2) is 4.98 Å². The van der Waals surface area contributed by atoms with E-state index in [1.54, 1.807) is 6.20 Å². The van der Waals surface area contributed by atoms with Gasteiger partial charge >= 0.3 is 0 Å². The van der Waals surface area contributed by atoms with Gasteiger partial charge in [0.15, 0.2) is 5.58 Å². The molecule has 5 heteroatoms. The predicted octanol–water partition coefficient (Wildman–Crippen LogP) is 4.39. The van der Waals surface area contributed by atoms with Crippen LogP contribution in [0.2, 0.25) is 0 Å². The number of rotatable bonds is 1. The van der Waals surface area contributed by atoms with E-state index >= 15 is 0 Å². The number of nitrogens with two attached hydrogens (primary N) is 1. The zero-order chi connectivity index (χ0) is 14.4. The number of hydrogen-bond donors (Lipinski definition) is 1. The Morgan fingerprint density at radius 1 is 1.05 bits per heavy atom. The number of nitrogens with zero attached hydrogens (tertiary/aromatic N) is 2. The molecule has 102 valence electrons. The summed E-state index contributed by atoms with van der Waals surface area (Å²) in [5.41, 5.74) is 9.71. The zero-order valence-corrected chi connectivity index (χ0v) is 12.5. The molecule has 2 N–H and O–H groups in total. The average Bonchev–Trinajstić information content (AvgIpc) is 2.90. The van der Waals surface area contributed by atoms with Crippen LogP contribution in [0.1, 0.15) is 0 Å². The third kappa shape index (κ3) is 1.97. The largest absolute Gasteiger partial charge is 0.434 e. The quantitative estimate of drug-likeness (QED) is 0.522. The van der Waals surface area contributed by atoms with Crippen molar-refractivity contribution in [3.05, 3.63) is 53.1 Å². The molecular formula is C16H10BrN3O. The van der Waals surface area contributed by atoms with Crippen molar-refractivity contribution in [3.8, 4) is 11.5 Å². The normalized spacial score (nSPS) is 11.3. The number of benzene rings is 2. The second-order valence-electron chi connectivity index (χ2n) is 4.74. The van der Waals surface area contributed by atoms with Crippen LogP contribution in [0, 0.1) is 0 Å². The molecule has 4 nitrogen and oxygen atoms in total. The van der Waals surface area contributed by atoms with E-state index in [1.807, 2.05) is 42.5 Å². The summed E-state index contributed by atoms with van der Waals surface area (Å²) >= 11 is 3.42. The minimum atomic E-state index is 0.549. The van der Waals surface area contributed by atoms with Gasteiger partial charge < -0.3 is 10.2 Å². The van der Waals surface area contributed by atoms with Gasteiger partial charge in [-0.2, -0.15) is 0 Å². The van der Waals surface area contributed by atoms with Gasteiger partial charge in [0.2, 0.25) is 5.89 Å². The lowest BCUT2D eigenvalue weighted by Gasteiger charge is -2.01. The summed E-state index contributed by atoms with van der Waals surface area (Å²) in [6, 6.07) is 13.5. The number of pyridine rings is 1. The molecule has 0 unspecified atom stereocenters. The molecule has 0 radical (unpaired) electrons. The molecular weight excluding hydrogens is 330 g/mol. The van der Waals surface area contributed by atoms with Gasteiger partial charge in [0.05, 0.1) is 11.2 Å². The molecule has 2 aromatic heterocycles. The Labute approximate surface area is 128 Å². The minimum Gasteiger partial charge on any atom is -0.434 e. The Bertz CT molecular complexity index is 973. The van der Waals surface area contributed by atoms with Crippen LogP contribution in [0.5, 0.6) is 0 Å². The number of oxazole rings is 1. The van der Waals surface area contributed by atoms with Crippen molar-refractivity contribution in [1.82, 2.24) is 9.97 Å². The lowest BCUT2D eigenvalue weighted by molar-refractivity contribution is 0.622. The maximum atomic E-state index is 5.99. The summed E-state index contributed by atoms with van der Waals surface area (Å²) in [4.78, 5) is 8.90. The average molecular weight is 340 g/mol. The van der Waals surface area contributed by atoms with Gasteiger partial charge in [-0.05, 0) is 30.3 Å². The van der Waals surface area contributed by atoms with Crippen molar-refractivity contribution in [3.63, 3.8) is 0 Å². The Morgan fingerprint density at radius 2 is 1.95 bits per heavy atom. The molecule has 2 aromatic carbocycles. The van der Waals surface area contributed by atoms with Crippen LogP contribution in [-0.2, 0) is 0 Å². The summed E-state index contributed by atoms with van der Waals surface area (Å²) in [6.07, 6.45) is 1.77. The molecule has 0 bridgehead atoms. The van der Waals surface area contributed by atoms with Crippen molar-refractivity contribution in [2.45, 2.75) is 0 Å². The lowest BCUT2D eigenvalue weighted by atomic mass is 10.1. The minimum absolute atomic E-state index is 0.549. The Kier molecular flexibility index (Phi) is 2.68. The van der Waals surface area contributed by atoms with E-state index in [0.717, 1.165) is 26.5 Å². The van der Waals surface area contributed by atoms with Crippen molar-refractivity contribution < 1.29 is 4.42 Å². The highest BCUT2D eigenvalue weighted by Crippen LogP contribution is 2.33. The first-order valence-electron chi connectivity index (χ1n) is 6.42. The molecule has 0 aliphatic rings. The first-order chi connectivity index (χ1) is 10.2. The van der Waals surface area contributed by atoms with E-state index in [0.29, 0.717) is 17.2 Å². The van der Waals surface area contributed by atoms with Gasteiger partial charge in [0, 0.05) is 21.6 Å². The SMILES string of the molecule is Nc1cc(Br)cc2nc(-c3cccc4ncccc34)oc12. The molecule has 0 saturated carbocycles. The Morgan fingerprint density at radius 3 is 2.86 bits per heavy atom. The predicted molar refractivity (Wildman–Crippen MR) is 86.9 cm³/mol. The van der Waals surface area contributed by atoms with E-state index in [1.165, 1.54) is 0 Å². The van der Waals surface area contributed by atoms with Crippen molar-refractivity contribution >= 4 is 43.6 Å². The third-order valence-electron chi connectivity index (χ3n) is 3.36. The second kappa shape index (κ2) is 4.56. The van der Waals surface area contributed by atoms with Crippen LogP contribution in [-0.4, -0.2) is 9.97 Å². The molecule has 0 aliphatic carbocycles. The van der Waals surface area contributed by atoms with E-state index in [-0.39, 0.29) is 0 Å². The smallest absolute Gasteiger partial charge is 0.228 e. The van der Waals surface area contributed by atoms with E-state index < -0.39 is 0 Å². The third-order valence-corrected chi connectivity index (χ3v) is 3.82. The fourth-order valence-corrected chi connectivity index (χ4v) is 2.89. The monoisotopic (exact) mass is 339 g/mol. The molecule has 0 atom stereocenters. The molecule has 0 saturated heterocycles. The topological polar surface area (TPSA) is 64.9 Å². The number of nitrogen functional groups attached to an aromatic ring is 1. The standard InChI is InChI=1S/C16H10BrN3O/c17-9-7-12(18)15-14(8-9)20-16(21-15)11-3-1-5-13-10(11)4-2-6-19-13/h1-8H,18H2. The summed E-state index contributed by atoms with van der Waals surface area (Å²) < 4.78 is 6.74. The van der Waals surface area contributed by atoms with E-state index in [4.69, 9.17) is 10.2 Å². The number of anilines is 1. The van der Waals surface area contributed by atoms with Crippen LogP contribution in [0.4, 0.5) is 5.69 Å². The first kappa shape index (κ1) is 12.3. The lowest BCUT2D eigenvalue weighted by Crippen LogP contribution is -1.84. The molecule has 0 aliphatic heterocycles. The highest BCUT2D eigenvalue weighted by atomic mass is 79.9. The summed E-state index contributed by atoms with van der Waals surface area (Å²) in [5.74, 6) is 0.549. The van der Waals surface area contributed by atoms with Crippen LogP contribution in [0.25, 0.3) is 33.5 Å². The molecule has 4 rings (SSSR count). The van der Waals surface area contributed by atoms with Crippen molar-refractivity contribution in [1.29, 1.82) is 0 Å². The fraction of sp³-hybridized carbons (Fsp3) is 0. The van der Waals surface area contributed by atoms with E-state index in [9.17, 15) is 0 Å². The molecule has 21 heavy (non-hydrogen) atoms. The van der Waals surface area contributed by atoms with Gasteiger partial charge in [-0.3, -0.25) is 4.98 Å². The van der Waals surface area contributed by atoms with Crippen molar-refractivity contribution in [2.75, 3.05) is 5.73 Å². The van der Waals surface area contributed by atoms with Crippen LogP contribution in [0.15, 0.2) is 57.6 Å². The summed E-state index contributed by atoms with van der Waals surface area (Å²) in [6.45, 7) is 0. The Hall–Kier alpha value is -2.40. The first-order valence-corrected chi connectivity index (χ1v) is 7.21. The molecule has 0 fully saturated rings. The van der Waals surface area contributed by atoms with Crippen LogP contribution >= 0.6 is 15.9 Å². The second-order valence-corrected chi connectivity index (χ2v) is 5.65. The van der Waals surface area contributed by atoms with Gasteiger partial charge in [0.1, 0.15) is 5.52 Å². The van der Waals surface area contributed by atoms with Crippen molar-refractivity contribution in [2.24, 2.45) is 0 Å². The van der Waals surface area contributed by atoms with Gasteiger partial charge in [-0.15, -0.1) is 0 Å². The van der Waals surface area contributed by atoms with Crippen LogP contribution < -0.4 is 5.73 Å². The molecule has 2 heterocycles. The number of hydrogen-bond acceptors (Lipinski definition) is 4. The number of halogens is 1. The number of aromatic nitrogens is 2. The van der Waals surface area contributed by atoms with Gasteiger partial charge in [-0.1, -0.05) is 28.1 Å². The zero-order valence-electron chi connectivity index (χ0n) is 10.9. The highest BCUT2D eigenvalue weighted by molar-refractivity contribution is 9.10. The van der Waals surface area contributed by atoms with Gasteiger partial charge in [0.25, 0.3) is 0 Å². The number of fused-ring (bicyclic) bond motifs is 2. The highest BCUT2D eigenvalue weighted by Gasteiger charge is 2.13. The maximum Gasteiger partial charge on any atom is 0.228 e. The summed E-state index contributed by atoms with van der Waals surface area (Å²) in [5, 5.41) is 1.00. The summed E-state index contributed by atoms with van der Waals surface area (Å²) in [7, 11) is 0. The van der Waals surface area contributed by atoms with E-state index in [2.05, 4.69) is 25.9 Å². The maximum absolute atomic E-state index is 5.99. The van der Waals surface area contributed by atoms with Crippen LogP contribution in [0.3, 0.4) is 0 Å². The molecule has 0 amide bonds. The Balaban J connectivity index is 2.03. The fourth-order valence-electron chi connectivity index (χ4n) is 2.43. The molecule has 4 aromatic rings.